The summed E-state index contributed by atoms with van der Waals surface area (Å²) < 4.78 is 0. The fourth-order valence-electron chi connectivity index (χ4n) is 3.83. The van der Waals surface area contributed by atoms with E-state index < -0.39 is 0 Å². The van der Waals surface area contributed by atoms with E-state index in [4.69, 9.17) is 11.6 Å². The first-order valence-corrected chi connectivity index (χ1v) is 10.3. The predicted octanol–water partition coefficient (Wildman–Crippen LogP) is 3.30. The van der Waals surface area contributed by atoms with Crippen LogP contribution in [0.3, 0.4) is 0 Å². The predicted molar refractivity (Wildman–Crippen MR) is 112 cm³/mol. The molecule has 28 heavy (non-hydrogen) atoms. The number of rotatable bonds is 6. The summed E-state index contributed by atoms with van der Waals surface area (Å²) in [7, 11) is 0. The van der Waals surface area contributed by atoms with Gasteiger partial charge in [0, 0.05) is 41.8 Å². The monoisotopic (exact) mass is 407 g/mol. The number of amides is 3. The van der Waals surface area contributed by atoms with Gasteiger partial charge in [-0.3, -0.25) is 14.4 Å². The maximum absolute atomic E-state index is 12.8. The van der Waals surface area contributed by atoms with E-state index in [1.807, 2.05) is 27.7 Å². The highest BCUT2D eigenvalue weighted by Crippen LogP contribution is 2.29. The molecule has 2 rings (SSSR count). The molecular weight excluding hydrogens is 378 g/mol. The van der Waals surface area contributed by atoms with Gasteiger partial charge in [-0.05, 0) is 50.8 Å². The molecule has 1 fully saturated rings. The molecule has 0 aliphatic carbocycles. The maximum atomic E-state index is 12.8. The van der Waals surface area contributed by atoms with E-state index in [1.165, 1.54) is 0 Å². The van der Waals surface area contributed by atoms with Crippen LogP contribution in [-0.4, -0.2) is 36.9 Å². The van der Waals surface area contributed by atoms with E-state index in [1.54, 1.807) is 24.0 Å². The minimum Gasteiger partial charge on any atom is -0.353 e. The largest absolute Gasteiger partial charge is 0.353 e. The van der Waals surface area contributed by atoms with Crippen LogP contribution in [0.2, 0.25) is 5.02 Å². The minimum absolute atomic E-state index is 0.0268. The lowest BCUT2D eigenvalue weighted by atomic mass is 9.84. The Hall–Kier alpha value is -2.08. The number of halogens is 1. The molecule has 7 heteroatoms. The van der Waals surface area contributed by atoms with Gasteiger partial charge in [-0.1, -0.05) is 25.4 Å². The number of carbonyl (C=O) groups is 3. The number of nitrogens with zero attached hydrogens (tertiary/aromatic N) is 1. The first-order valence-electron chi connectivity index (χ1n) is 9.88. The lowest BCUT2D eigenvalue weighted by Gasteiger charge is -2.32. The number of benzene rings is 1. The first kappa shape index (κ1) is 22.2. The highest BCUT2D eigenvalue weighted by molar-refractivity contribution is 6.31. The zero-order valence-corrected chi connectivity index (χ0v) is 18.0. The number of piperidine rings is 1. The van der Waals surface area contributed by atoms with Crippen LogP contribution in [0.5, 0.6) is 0 Å². The fourth-order valence-corrected chi connectivity index (χ4v) is 4.05. The summed E-state index contributed by atoms with van der Waals surface area (Å²) in [5, 5.41) is 6.21. The molecule has 1 heterocycles. The van der Waals surface area contributed by atoms with E-state index in [-0.39, 0.29) is 42.1 Å². The molecule has 0 bridgehead atoms. The van der Waals surface area contributed by atoms with Crippen molar-refractivity contribution in [3.05, 3.63) is 28.3 Å². The Balaban J connectivity index is 2.21. The highest BCUT2D eigenvalue weighted by atomic mass is 35.5. The fraction of sp³-hybridized carbons (Fsp3) is 0.571. The smallest absolute Gasteiger partial charge is 0.251 e. The molecule has 1 aliphatic heterocycles. The van der Waals surface area contributed by atoms with Crippen LogP contribution in [0.1, 0.15) is 56.5 Å². The minimum atomic E-state index is -0.292. The normalized spacial score (nSPS) is 21.8. The summed E-state index contributed by atoms with van der Waals surface area (Å²) in [4.78, 5) is 39.0. The Kier molecular flexibility index (Phi) is 7.47. The summed E-state index contributed by atoms with van der Waals surface area (Å²) in [6, 6.07) is 3.47. The molecule has 154 valence electrons. The Morgan fingerprint density at radius 3 is 2.54 bits per heavy atom. The Labute approximate surface area is 172 Å². The Morgan fingerprint density at radius 2 is 1.96 bits per heavy atom. The lowest BCUT2D eigenvalue weighted by molar-refractivity contribution is -0.129. The second-order valence-electron chi connectivity index (χ2n) is 7.53. The molecule has 1 saturated heterocycles. The SMILES string of the molecule is CCC(=O)N(CC)c1cc(Cl)cc(C(=O)NCC2C(=O)NC(C)CC2C)c1C. The Morgan fingerprint density at radius 1 is 1.29 bits per heavy atom. The second-order valence-corrected chi connectivity index (χ2v) is 7.96. The van der Waals surface area contributed by atoms with Gasteiger partial charge < -0.3 is 15.5 Å². The summed E-state index contributed by atoms with van der Waals surface area (Å²) in [6.45, 7) is 10.3. The van der Waals surface area contributed by atoms with Gasteiger partial charge in [0.25, 0.3) is 5.91 Å². The van der Waals surface area contributed by atoms with Gasteiger partial charge in [0.2, 0.25) is 11.8 Å². The molecule has 0 saturated carbocycles. The third-order valence-electron chi connectivity index (χ3n) is 5.42. The van der Waals surface area contributed by atoms with Crippen LogP contribution in [0.4, 0.5) is 5.69 Å². The molecule has 3 unspecified atom stereocenters. The quantitative estimate of drug-likeness (QED) is 0.759. The second kappa shape index (κ2) is 9.41. The van der Waals surface area contributed by atoms with Gasteiger partial charge in [0.1, 0.15) is 0 Å². The topological polar surface area (TPSA) is 78.5 Å². The summed E-state index contributed by atoms with van der Waals surface area (Å²) in [5.74, 6) is -0.410. The molecule has 0 radical (unpaired) electrons. The average Bonchev–Trinajstić information content (AvgIpc) is 2.63. The number of nitrogens with one attached hydrogen (secondary N) is 2. The zero-order chi connectivity index (χ0) is 21.0. The van der Waals surface area contributed by atoms with E-state index >= 15 is 0 Å². The maximum Gasteiger partial charge on any atom is 0.251 e. The third kappa shape index (κ3) is 4.85. The molecule has 1 aliphatic rings. The molecule has 0 spiro atoms. The van der Waals surface area contributed by atoms with Gasteiger partial charge in [-0.15, -0.1) is 0 Å². The van der Waals surface area contributed by atoms with Crippen LogP contribution < -0.4 is 15.5 Å². The van der Waals surface area contributed by atoms with Crippen molar-refractivity contribution >= 4 is 35.0 Å². The average molecular weight is 408 g/mol. The lowest BCUT2D eigenvalue weighted by Crippen LogP contribution is -2.50. The molecule has 6 nitrogen and oxygen atoms in total. The van der Waals surface area contributed by atoms with Crippen molar-refractivity contribution in [2.24, 2.45) is 11.8 Å². The van der Waals surface area contributed by atoms with Crippen LogP contribution in [-0.2, 0) is 9.59 Å². The van der Waals surface area contributed by atoms with Crippen LogP contribution in [0.25, 0.3) is 0 Å². The molecule has 2 N–H and O–H groups in total. The van der Waals surface area contributed by atoms with Crippen molar-refractivity contribution in [1.29, 1.82) is 0 Å². The highest BCUT2D eigenvalue weighted by Gasteiger charge is 2.32. The summed E-state index contributed by atoms with van der Waals surface area (Å²) in [5.41, 5.74) is 1.76. The zero-order valence-electron chi connectivity index (χ0n) is 17.3. The summed E-state index contributed by atoms with van der Waals surface area (Å²) >= 11 is 6.24. The molecule has 3 atom stereocenters. The summed E-state index contributed by atoms with van der Waals surface area (Å²) in [6.07, 6.45) is 1.26. The molecule has 0 aromatic heterocycles. The number of carbonyl (C=O) groups excluding carboxylic acids is 3. The number of hydrogen-bond donors (Lipinski definition) is 2. The first-order chi connectivity index (χ1) is 13.2. The number of hydrogen-bond acceptors (Lipinski definition) is 3. The molecule has 1 aromatic carbocycles. The van der Waals surface area contributed by atoms with Gasteiger partial charge >= 0.3 is 0 Å². The van der Waals surface area contributed by atoms with E-state index in [9.17, 15) is 14.4 Å². The van der Waals surface area contributed by atoms with E-state index in [0.717, 1.165) is 6.42 Å². The van der Waals surface area contributed by atoms with Crippen molar-refractivity contribution in [3.8, 4) is 0 Å². The van der Waals surface area contributed by atoms with Crippen molar-refractivity contribution in [2.45, 2.75) is 53.5 Å². The standard InChI is InChI=1S/C21H30ClN3O3/c1-6-19(26)25(7-2)18-10-15(22)9-16(14(18)5)20(27)23-11-17-12(3)8-13(4)24-21(17)28/h9-10,12-13,17H,6-8,11H2,1-5H3,(H,23,27)(H,24,28). The van der Waals surface area contributed by atoms with Crippen molar-refractivity contribution in [3.63, 3.8) is 0 Å². The van der Waals surface area contributed by atoms with Gasteiger partial charge in [-0.25, -0.2) is 0 Å². The van der Waals surface area contributed by atoms with Crippen molar-refractivity contribution in [1.82, 2.24) is 10.6 Å². The van der Waals surface area contributed by atoms with Crippen molar-refractivity contribution in [2.75, 3.05) is 18.0 Å². The van der Waals surface area contributed by atoms with Crippen LogP contribution >= 0.6 is 11.6 Å². The number of anilines is 1. The van der Waals surface area contributed by atoms with E-state index in [0.29, 0.717) is 34.8 Å². The molecule has 1 aromatic rings. The van der Waals surface area contributed by atoms with Gasteiger partial charge in [-0.2, -0.15) is 0 Å². The molecule has 3 amide bonds. The van der Waals surface area contributed by atoms with Gasteiger partial charge in [0.05, 0.1) is 5.92 Å². The van der Waals surface area contributed by atoms with Crippen LogP contribution in [0.15, 0.2) is 12.1 Å². The van der Waals surface area contributed by atoms with Crippen LogP contribution in [0, 0.1) is 18.8 Å². The third-order valence-corrected chi connectivity index (χ3v) is 5.64. The Bertz CT molecular complexity index is 766. The van der Waals surface area contributed by atoms with Crippen molar-refractivity contribution < 1.29 is 14.4 Å². The molecular formula is C21H30ClN3O3. The van der Waals surface area contributed by atoms with Gasteiger partial charge in [0.15, 0.2) is 0 Å². The van der Waals surface area contributed by atoms with E-state index in [2.05, 4.69) is 10.6 Å².